The Morgan fingerprint density at radius 1 is 1.33 bits per heavy atom. The molecular formula is C13H15Cl2NO2. The van der Waals surface area contributed by atoms with Crippen molar-refractivity contribution in [2.75, 3.05) is 13.1 Å². The first-order chi connectivity index (χ1) is 8.58. The number of nitrogens with zero attached hydrogens (tertiary/aromatic N) is 1. The van der Waals surface area contributed by atoms with Crippen LogP contribution in [0.2, 0.25) is 10.0 Å². The topological polar surface area (TPSA) is 40.5 Å². The highest BCUT2D eigenvalue weighted by Gasteiger charge is 2.28. The molecule has 1 aromatic rings. The van der Waals surface area contributed by atoms with Crippen molar-refractivity contribution in [1.29, 1.82) is 0 Å². The van der Waals surface area contributed by atoms with Crippen molar-refractivity contribution in [1.82, 2.24) is 4.90 Å². The van der Waals surface area contributed by atoms with E-state index < -0.39 is 12.0 Å². The third kappa shape index (κ3) is 3.16. The van der Waals surface area contributed by atoms with Crippen LogP contribution >= 0.6 is 23.2 Å². The fourth-order valence-corrected chi connectivity index (χ4v) is 2.81. The summed E-state index contributed by atoms with van der Waals surface area (Å²) in [5.74, 6) is -0.789. The number of hydrogen-bond donors (Lipinski definition) is 1. The molecule has 1 aliphatic rings. The molecule has 0 spiro atoms. The molecule has 1 unspecified atom stereocenters. The highest BCUT2D eigenvalue weighted by Crippen LogP contribution is 2.24. The van der Waals surface area contributed by atoms with E-state index in [9.17, 15) is 9.90 Å². The maximum absolute atomic E-state index is 11.4. The number of rotatable bonds is 4. The lowest BCUT2D eigenvalue weighted by atomic mass is 10.0. The number of halogens is 2. The molecule has 1 aliphatic heterocycles. The van der Waals surface area contributed by atoms with Crippen LogP contribution in [-0.2, 0) is 11.2 Å². The summed E-state index contributed by atoms with van der Waals surface area (Å²) in [7, 11) is 0. The highest BCUT2D eigenvalue weighted by molar-refractivity contribution is 6.35. The van der Waals surface area contributed by atoms with Gasteiger partial charge in [0, 0.05) is 16.5 Å². The molecule has 0 saturated carbocycles. The molecule has 3 nitrogen and oxygen atoms in total. The molecule has 1 saturated heterocycles. The van der Waals surface area contributed by atoms with Gasteiger partial charge in [-0.25, -0.2) is 0 Å². The lowest BCUT2D eigenvalue weighted by Gasteiger charge is -2.24. The molecule has 98 valence electrons. The van der Waals surface area contributed by atoms with E-state index in [0.29, 0.717) is 16.5 Å². The normalized spacial score (nSPS) is 17.9. The zero-order valence-corrected chi connectivity index (χ0v) is 11.4. The lowest BCUT2D eigenvalue weighted by Crippen LogP contribution is -2.40. The molecule has 18 heavy (non-hydrogen) atoms. The zero-order chi connectivity index (χ0) is 13.1. The minimum atomic E-state index is -0.789. The molecule has 0 bridgehead atoms. The highest BCUT2D eigenvalue weighted by atomic mass is 35.5. The van der Waals surface area contributed by atoms with E-state index in [0.717, 1.165) is 31.5 Å². The Bertz CT molecular complexity index is 445. The molecule has 2 rings (SSSR count). The summed E-state index contributed by atoms with van der Waals surface area (Å²) >= 11 is 11.9. The lowest BCUT2D eigenvalue weighted by molar-refractivity contribution is -0.142. The summed E-state index contributed by atoms with van der Waals surface area (Å²) in [4.78, 5) is 13.4. The molecule has 0 aromatic heterocycles. The minimum absolute atomic E-state index is 0.422. The van der Waals surface area contributed by atoms with Crippen molar-refractivity contribution >= 4 is 29.2 Å². The average Bonchev–Trinajstić information content (AvgIpc) is 2.80. The number of benzene rings is 1. The smallest absolute Gasteiger partial charge is 0.321 e. The second kappa shape index (κ2) is 5.91. The van der Waals surface area contributed by atoms with Gasteiger partial charge in [0.15, 0.2) is 0 Å². The summed E-state index contributed by atoms with van der Waals surface area (Å²) < 4.78 is 0. The van der Waals surface area contributed by atoms with Gasteiger partial charge in [-0.1, -0.05) is 29.3 Å². The van der Waals surface area contributed by atoms with Gasteiger partial charge in [0.25, 0.3) is 0 Å². The van der Waals surface area contributed by atoms with Gasteiger partial charge in [-0.2, -0.15) is 0 Å². The van der Waals surface area contributed by atoms with E-state index in [2.05, 4.69) is 0 Å². The van der Waals surface area contributed by atoms with Crippen LogP contribution in [0.5, 0.6) is 0 Å². The maximum Gasteiger partial charge on any atom is 0.321 e. The Hall–Kier alpha value is -0.770. The Labute approximate surface area is 116 Å². The average molecular weight is 288 g/mol. The van der Waals surface area contributed by atoms with Crippen LogP contribution in [-0.4, -0.2) is 35.1 Å². The minimum Gasteiger partial charge on any atom is -0.480 e. The van der Waals surface area contributed by atoms with Crippen LogP contribution in [0.1, 0.15) is 18.4 Å². The summed E-state index contributed by atoms with van der Waals surface area (Å²) in [6, 6.07) is 4.70. The molecule has 0 aliphatic carbocycles. The van der Waals surface area contributed by atoms with Crippen LogP contribution in [0.25, 0.3) is 0 Å². The first kappa shape index (κ1) is 13.7. The van der Waals surface area contributed by atoms with E-state index in [-0.39, 0.29) is 0 Å². The predicted octanol–water partition coefficient (Wildman–Crippen LogP) is 3.08. The van der Waals surface area contributed by atoms with Gasteiger partial charge in [0.05, 0.1) is 0 Å². The second-order valence-electron chi connectivity index (χ2n) is 4.54. The van der Waals surface area contributed by atoms with Gasteiger partial charge < -0.3 is 5.11 Å². The van der Waals surface area contributed by atoms with Crippen molar-refractivity contribution in [3.63, 3.8) is 0 Å². The van der Waals surface area contributed by atoms with E-state index >= 15 is 0 Å². The molecule has 1 heterocycles. The predicted molar refractivity (Wildman–Crippen MR) is 72.4 cm³/mol. The van der Waals surface area contributed by atoms with Gasteiger partial charge in [-0.05, 0) is 43.6 Å². The number of carbonyl (C=O) groups is 1. The van der Waals surface area contributed by atoms with Crippen LogP contribution in [0.15, 0.2) is 18.2 Å². The van der Waals surface area contributed by atoms with Gasteiger partial charge in [0.2, 0.25) is 0 Å². The first-order valence-electron chi connectivity index (χ1n) is 5.98. The molecular weight excluding hydrogens is 273 g/mol. The molecule has 5 heteroatoms. The van der Waals surface area contributed by atoms with Gasteiger partial charge in [0.1, 0.15) is 6.04 Å². The van der Waals surface area contributed by atoms with Crippen LogP contribution < -0.4 is 0 Å². The molecule has 0 amide bonds. The standard InChI is InChI=1S/C13H15Cl2NO2/c14-10-4-3-9(11(15)8-10)7-12(13(17)18)16-5-1-2-6-16/h3-4,8,12H,1-2,5-7H2,(H,17,18). The third-order valence-electron chi connectivity index (χ3n) is 3.29. The molecule has 1 N–H and O–H groups in total. The number of likely N-dealkylation sites (tertiary alicyclic amines) is 1. The third-order valence-corrected chi connectivity index (χ3v) is 3.88. The zero-order valence-electron chi connectivity index (χ0n) is 9.90. The summed E-state index contributed by atoms with van der Waals surface area (Å²) in [6.45, 7) is 1.70. The van der Waals surface area contributed by atoms with Gasteiger partial charge >= 0.3 is 5.97 Å². The molecule has 1 fully saturated rings. The molecule has 1 aromatic carbocycles. The van der Waals surface area contributed by atoms with E-state index in [1.54, 1.807) is 18.2 Å². The first-order valence-corrected chi connectivity index (χ1v) is 6.74. The van der Waals surface area contributed by atoms with Crippen molar-refractivity contribution in [2.45, 2.75) is 25.3 Å². The second-order valence-corrected chi connectivity index (χ2v) is 5.38. The van der Waals surface area contributed by atoms with Crippen molar-refractivity contribution in [3.8, 4) is 0 Å². The Morgan fingerprint density at radius 3 is 2.56 bits per heavy atom. The summed E-state index contributed by atoms with van der Waals surface area (Å²) in [6.07, 6.45) is 2.56. The van der Waals surface area contributed by atoms with E-state index in [1.807, 2.05) is 4.90 Å². The molecule has 1 atom stereocenters. The van der Waals surface area contributed by atoms with E-state index in [4.69, 9.17) is 23.2 Å². The molecule has 0 radical (unpaired) electrons. The monoisotopic (exact) mass is 287 g/mol. The maximum atomic E-state index is 11.4. The number of carboxylic acids is 1. The SMILES string of the molecule is O=C(O)C(Cc1ccc(Cl)cc1Cl)N1CCCC1. The van der Waals surface area contributed by atoms with Crippen molar-refractivity contribution in [3.05, 3.63) is 33.8 Å². The summed E-state index contributed by atoms with van der Waals surface area (Å²) in [5.41, 5.74) is 0.834. The quantitative estimate of drug-likeness (QED) is 0.925. The van der Waals surface area contributed by atoms with Crippen LogP contribution in [0.3, 0.4) is 0 Å². The summed E-state index contributed by atoms with van der Waals surface area (Å²) in [5, 5.41) is 10.4. The van der Waals surface area contributed by atoms with Crippen molar-refractivity contribution < 1.29 is 9.90 Å². The number of carboxylic acid groups (broad SMARTS) is 1. The van der Waals surface area contributed by atoms with Crippen molar-refractivity contribution in [2.24, 2.45) is 0 Å². The van der Waals surface area contributed by atoms with Gasteiger partial charge in [-0.3, -0.25) is 9.69 Å². The number of hydrogen-bond acceptors (Lipinski definition) is 2. The Morgan fingerprint density at radius 2 is 2.00 bits per heavy atom. The largest absolute Gasteiger partial charge is 0.480 e. The fourth-order valence-electron chi connectivity index (χ4n) is 2.32. The van der Waals surface area contributed by atoms with E-state index in [1.165, 1.54) is 0 Å². The van der Waals surface area contributed by atoms with Gasteiger partial charge in [-0.15, -0.1) is 0 Å². The van der Waals surface area contributed by atoms with Crippen LogP contribution in [0.4, 0.5) is 0 Å². The fraction of sp³-hybridized carbons (Fsp3) is 0.462. The Balaban J connectivity index is 2.15. The number of aliphatic carboxylic acids is 1. The Kier molecular flexibility index (Phi) is 4.49. The van der Waals surface area contributed by atoms with Crippen LogP contribution in [0, 0.1) is 0 Å².